The monoisotopic (exact) mass is 363 g/mol. The van der Waals surface area contributed by atoms with Crippen molar-refractivity contribution in [2.45, 2.75) is 39.0 Å². The van der Waals surface area contributed by atoms with E-state index in [-0.39, 0.29) is 11.2 Å². The smallest absolute Gasteiger partial charge is 0.226 e. The van der Waals surface area contributed by atoms with Crippen molar-refractivity contribution in [3.05, 3.63) is 71.8 Å². The minimum Gasteiger partial charge on any atom is -0.360 e. The van der Waals surface area contributed by atoms with E-state index in [1.165, 1.54) is 17.7 Å². The standard InChI is InChI=1S/C22H22FN3O/c1-14-25-21(27-26-14)10-11-22(2,3)16-6-4-15(5-7-16)19-13-24-20-12-17(23)8-9-18(19)20/h4-9,12-13,24H,10-11H2,1-3H3. The van der Waals surface area contributed by atoms with Gasteiger partial charge in [0.25, 0.3) is 0 Å². The molecule has 27 heavy (non-hydrogen) atoms. The zero-order chi connectivity index (χ0) is 19.0. The molecule has 0 aliphatic carbocycles. The van der Waals surface area contributed by atoms with Crippen LogP contribution in [-0.4, -0.2) is 15.1 Å². The molecule has 4 aromatic rings. The highest BCUT2D eigenvalue weighted by Gasteiger charge is 2.22. The van der Waals surface area contributed by atoms with E-state index >= 15 is 0 Å². The van der Waals surface area contributed by atoms with E-state index in [1.54, 1.807) is 0 Å². The maximum absolute atomic E-state index is 13.4. The lowest BCUT2D eigenvalue weighted by molar-refractivity contribution is 0.355. The van der Waals surface area contributed by atoms with Gasteiger partial charge in [-0.05, 0) is 48.1 Å². The van der Waals surface area contributed by atoms with Gasteiger partial charge in [0.2, 0.25) is 5.89 Å². The molecule has 0 unspecified atom stereocenters. The van der Waals surface area contributed by atoms with Gasteiger partial charge in [-0.1, -0.05) is 43.3 Å². The van der Waals surface area contributed by atoms with Crippen LogP contribution in [0, 0.1) is 12.7 Å². The van der Waals surface area contributed by atoms with Gasteiger partial charge in [-0.2, -0.15) is 4.98 Å². The topological polar surface area (TPSA) is 54.7 Å². The van der Waals surface area contributed by atoms with Crippen LogP contribution in [0.1, 0.15) is 37.5 Å². The molecule has 4 nitrogen and oxygen atoms in total. The highest BCUT2D eigenvalue weighted by Crippen LogP contribution is 2.33. The number of halogens is 1. The molecule has 0 spiro atoms. The molecule has 0 radical (unpaired) electrons. The number of nitrogens with zero attached hydrogens (tertiary/aromatic N) is 2. The second-order valence-electron chi connectivity index (χ2n) is 7.59. The third-order valence-corrected chi connectivity index (χ3v) is 5.15. The Kier molecular flexibility index (Phi) is 4.30. The van der Waals surface area contributed by atoms with Gasteiger partial charge in [0.05, 0.1) is 0 Å². The van der Waals surface area contributed by atoms with Gasteiger partial charge in [-0.15, -0.1) is 0 Å². The number of hydrogen-bond donors (Lipinski definition) is 1. The molecule has 0 aliphatic heterocycles. The lowest BCUT2D eigenvalue weighted by Gasteiger charge is -2.25. The van der Waals surface area contributed by atoms with Crippen molar-refractivity contribution in [3.63, 3.8) is 0 Å². The summed E-state index contributed by atoms with van der Waals surface area (Å²) in [5.74, 6) is 1.12. The van der Waals surface area contributed by atoms with Crippen molar-refractivity contribution in [2.75, 3.05) is 0 Å². The molecule has 0 saturated carbocycles. The van der Waals surface area contributed by atoms with Crippen LogP contribution in [0.4, 0.5) is 4.39 Å². The van der Waals surface area contributed by atoms with Gasteiger partial charge in [0, 0.05) is 29.1 Å². The van der Waals surface area contributed by atoms with E-state index in [2.05, 4.69) is 53.2 Å². The summed E-state index contributed by atoms with van der Waals surface area (Å²) in [5, 5.41) is 4.87. The minimum absolute atomic E-state index is 0.00968. The Labute approximate surface area is 157 Å². The normalized spacial score (nSPS) is 12.0. The molecule has 0 atom stereocenters. The first-order valence-corrected chi connectivity index (χ1v) is 9.09. The van der Waals surface area contributed by atoms with Crippen LogP contribution in [0.15, 0.2) is 53.2 Å². The Morgan fingerprint density at radius 3 is 2.59 bits per heavy atom. The summed E-state index contributed by atoms with van der Waals surface area (Å²) in [7, 11) is 0. The van der Waals surface area contributed by atoms with Crippen molar-refractivity contribution < 1.29 is 8.91 Å². The van der Waals surface area contributed by atoms with E-state index in [4.69, 9.17) is 4.52 Å². The summed E-state index contributed by atoms with van der Waals surface area (Å²) >= 11 is 0. The molecule has 2 aromatic heterocycles. The number of rotatable bonds is 5. The molecular formula is C22H22FN3O. The highest BCUT2D eigenvalue weighted by molar-refractivity contribution is 5.95. The summed E-state index contributed by atoms with van der Waals surface area (Å²) < 4.78 is 18.6. The van der Waals surface area contributed by atoms with Gasteiger partial charge in [0.15, 0.2) is 5.82 Å². The number of H-pyrrole nitrogens is 1. The van der Waals surface area contributed by atoms with E-state index in [1.807, 2.05) is 19.2 Å². The van der Waals surface area contributed by atoms with Gasteiger partial charge < -0.3 is 9.51 Å². The summed E-state index contributed by atoms with van der Waals surface area (Å²) in [4.78, 5) is 7.43. The van der Waals surface area contributed by atoms with Crippen molar-refractivity contribution in [2.24, 2.45) is 0 Å². The zero-order valence-corrected chi connectivity index (χ0v) is 15.7. The Hall–Kier alpha value is -2.95. The summed E-state index contributed by atoms with van der Waals surface area (Å²) in [6.45, 7) is 6.27. The zero-order valence-electron chi connectivity index (χ0n) is 15.7. The number of aromatic amines is 1. The fourth-order valence-corrected chi connectivity index (χ4v) is 3.44. The number of fused-ring (bicyclic) bond motifs is 1. The molecule has 5 heteroatoms. The maximum atomic E-state index is 13.4. The highest BCUT2D eigenvalue weighted by atomic mass is 19.1. The van der Waals surface area contributed by atoms with Crippen LogP contribution in [0.5, 0.6) is 0 Å². The van der Waals surface area contributed by atoms with Crippen LogP contribution in [0.3, 0.4) is 0 Å². The van der Waals surface area contributed by atoms with Gasteiger partial charge in [0.1, 0.15) is 5.82 Å². The summed E-state index contributed by atoms with van der Waals surface area (Å²) in [6.07, 6.45) is 3.60. The average molecular weight is 363 g/mol. The quantitative estimate of drug-likeness (QED) is 0.504. The number of hydrogen-bond acceptors (Lipinski definition) is 3. The van der Waals surface area contributed by atoms with Crippen LogP contribution >= 0.6 is 0 Å². The van der Waals surface area contributed by atoms with E-state index in [0.29, 0.717) is 11.7 Å². The van der Waals surface area contributed by atoms with Crippen LogP contribution < -0.4 is 0 Å². The van der Waals surface area contributed by atoms with Gasteiger partial charge >= 0.3 is 0 Å². The Bertz CT molecular complexity index is 1080. The summed E-state index contributed by atoms with van der Waals surface area (Å²) in [6, 6.07) is 13.4. The van der Waals surface area contributed by atoms with Crippen molar-refractivity contribution in [3.8, 4) is 11.1 Å². The minimum atomic E-state index is -0.232. The Morgan fingerprint density at radius 2 is 1.89 bits per heavy atom. The fourth-order valence-electron chi connectivity index (χ4n) is 3.44. The predicted octanol–water partition coefficient (Wildman–Crippen LogP) is 5.58. The molecule has 0 aliphatic rings. The van der Waals surface area contributed by atoms with Crippen LogP contribution in [0.2, 0.25) is 0 Å². The second-order valence-corrected chi connectivity index (χ2v) is 7.59. The molecule has 0 amide bonds. The first kappa shape index (κ1) is 17.5. The van der Waals surface area contributed by atoms with Crippen LogP contribution in [-0.2, 0) is 11.8 Å². The van der Waals surface area contributed by atoms with E-state index in [9.17, 15) is 4.39 Å². The molecule has 2 heterocycles. The third-order valence-electron chi connectivity index (χ3n) is 5.15. The van der Waals surface area contributed by atoms with E-state index in [0.717, 1.165) is 34.9 Å². The first-order valence-electron chi connectivity index (χ1n) is 9.09. The van der Waals surface area contributed by atoms with Crippen molar-refractivity contribution in [1.29, 1.82) is 0 Å². The number of aromatic nitrogens is 3. The molecule has 4 rings (SSSR count). The van der Waals surface area contributed by atoms with Gasteiger partial charge in [-0.25, -0.2) is 4.39 Å². The largest absolute Gasteiger partial charge is 0.360 e. The Balaban J connectivity index is 1.55. The maximum Gasteiger partial charge on any atom is 0.226 e. The van der Waals surface area contributed by atoms with Gasteiger partial charge in [-0.3, -0.25) is 0 Å². The SMILES string of the molecule is Cc1noc(CCC(C)(C)c2ccc(-c3c[nH]c4cc(F)ccc34)cc2)n1. The molecule has 0 bridgehead atoms. The lowest BCUT2D eigenvalue weighted by Crippen LogP contribution is -2.18. The average Bonchev–Trinajstić information content (AvgIpc) is 3.26. The van der Waals surface area contributed by atoms with Crippen LogP contribution in [0.25, 0.3) is 22.0 Å². The van der Waals surface area contributed by atoms with Crippen molar-refractivity contribution in [1.82, 2.24) is 15.1 Å². The Morgan fingerprint density at radius 1 is 1.11 bits per heavy atom. The van der Waals surface area contributed by atoms with E-state index < -0.39 is 0 Å². The van der Waals surface area contributed by atoms with Crippen molar-refractivity contribution >= 4 is 10.9 Å². The molecular weight excluding hydrogens is 341 g/mol. The molecule has 1 N–H and O–H groups in total. The molecule has 138 valence electrons. The molecule has 0 fully saturated rings. The molecule has 2 aromatic carbocycles. The number of aryl methyl sites for hydroxylation is 2. The third kappa shape index (κ3) is 3.50. The second kappa shape index (κ2) is 6.65. The predicted molar refractivity (Wildman–Crippen MR) is 104 cm³/mol. The molecule has 0 saturated heterocycles. The summed E-state index contributed by atoms with van der Waals surface area (Å²) in [5.41, 5.74) is 4.25. The fraction of sp³-hybridized carbons (Fsp3) is 0.273. The number of nitrogens with one attached hydrogen (secondary N) is 1. The first-order chi connectivity index (χ1) is 12.9. The lowest BCUT2D eigenvalue weighted by atomic mass is 9.80. The number of benzene rings is 2.